The minimum absolute atomic E-state index is 0.0388. The van der Waals surface area contributed by atoms with Crippen molar-refractivity contribution in [1.82, 2.24) is 9.97 Å². The fourth-order valence-corrected chi connectivity index (χ4v) is 4.49. The Kier molecular flexibility index (Phi) is 5.28. The third-order valence-electron chi connectivity index (χ3n) is 6.09. The maximum absolute atomic E-state index is 5.93. The van der Waals surface area contributed by atoms with Gasteiger partial charge in [-0.3, -0.25) is 4.98 Å². The molecule has 5 rings (SSSR count). The number of nitrogens with zero attached hydrogens (tertiary/aromatic N) is 2. The fourth-order valence-electron chi connectivity index (χ4n) is 4.49. The Labute approximate surface area is 195 Å². The third-order valence-corrected chi connectivity index (χ3v) is 6.09. The van der Waals surface area contributed by atoms with Gasteiger partial charge in [-0.05, 0) is 69.6 Å². The molecule has 0 aliphatic carbocycles. The van der Waals surface area contributed by atoms with Crippen molar-refractivity contribution in [3.63, 3.8) is 0 Å². The molecular weight excluding hydrogens is 404 g/mol. The van der Waals surface area contributed by atoms with Crippen LogP contribution >= 0.6 is 0 Å². The summed E-state index contributed by atoms with van der Waals surface area (Å²) >= 11 is 0. The summed E-state index contributed by atoms with van der Waals surface area (Å²) in [5.74, 6) is 1.54. The van der Waals surface area contributed by atoms with Crippen LogP contribution in [-0.4, -0.2) is 9.97 Å². The topological polar surface area (TPSA) is 38.9 Å². The molecule has 0 unspecified atom stereocenters. The molecule has 0 saturated carbocycles. The molecule has 0 amide bonds. The lowest BCUT2D eigenvalue weighted by atomic mass is 9.82. The highest BCUT2D eigenvalue weighted by Gasteiger charge is 2.19. The van der Waals surface area contributed by atoms with Gasteiger partial charge in [-0.25, -0.2) is 4.98 Å². The Balaban J connectivity index is 1.58. The largest absolute Gasteiger partial charge is 0.443 e. The average Bonchev–Trinajstić information content (AvgIpc) is 3.18. The Morgan fingerprint density at radius 1 is 0.818 bits per heavy atom. The van der Waals surface area contributed by atoms with E-state index < -0.39 is 0 Å². The van der Waals surface area contributed by atoms with Crippen LogP contribution in [0.1, 0.15) is 45.9 Å². The minimum atomic E-state index is 0.0388. The summed E-state index contributed by atoms with van der Waals surface area (Å²) in [7, 11) is 0. The van der Waals surface area contributed by atoms with E-state index in [1.807, 2.05) is 18.5 Å². The van der Waals surface area contributed by atoms with E-state index in [0.717, 1.165) is 40.0 Å². The molecule has 0 N–H and O–H groups in total. The van der Waals surface area contributed by atoms with Gasteiger partial charge >= 0.3 is 0 Å². The second-order valence-corrected chi connectivity index (χ2v) is 10.4. The Hall–Kier alpha value is -3.46. The van der Waals surface area contributed by atoms with Crippen molar-refractivity contribution in [2.24, 2.45) is 5.92 Å². The molecule has 3 aromatic heterocycles. The van der Waals surface area contributed by atoms with Crippen molar-refractivity contribution in [1.29, 1.82) is 0 Å². The maximum Gasteiger partial charge on any atom is 0.226 e. The van der Waals surface area contributed by atoms with Gasteiger partial charge in [0.15, 0.2) is 0 Å². The first-order valence-corrected chi connectivity index (χ1v) is 11.7. The van der Waals surface area contributed by atoms with Crippen molar-refractivity contribution in [3.05, 3.63) is 84.4 Å². The summed E-state index contributed by atoms with van der Waals surface area (Å²) in [4.78, 5) is 9.31. The number of benzene rings is 2. The molecule has 0 spiro atoms. The van der Waals surface area contributed by atoms with E-state index in [4.69, 9.17) is 9.40 Å². The van der Waals surface area contributed by atoms with Crippen molar-refractivity contribution in [2.75, 3.05) is 0 Å². The van der Waals surface area contributed by atoms with Crippen LogP contribution in [0.4, 0.5) is 0 Å². The summed E-state index contributed by atoms with van der Waals surface area (Å²) in [6.45, 7) is 11.2. The highest BCUT2D eigenvalue weighted by molar-refractivity contribution is 5.91. The molecule has 5 aromatic rings. The Morgan fingerprint density at radius 3 is 2.39 bits per heavy atom. The first kappa shape index (κ1) is 21.4. The molecule has 0 aliphatic heterocycles. The molecule has 3 nitrogen and oxygen atoms in total. The second kappa shape index (κ2) is 8.15. The number of rotatable bonds is 4. The van der Waals surface area contributed by atoms with Crippen LogP contribution in [0.25, 0.3) is 44.3 Å². The van der Waals surface area contributed by atoms with E-state index >= 15 is 0 Å². The van der Waals surface area contributed by atoms with Crippen LogP contribution in [0, 0.1) is 5.92 Å². The van der Waals surface area contributed by atoms with Crippen LogP contribution < -0.4 is 0 Å². The van der Waals surface area contributed by atoms with E-state index in [9.17, 15) is 0 Å². The fraction of sp³-hybridized carbons (Fsp3) is 0.267. The lowest BCUT2D eigenvalue weighted by Crippen LogP contribution is -2.12. The summed E-state index contributed by atoms with van der Waals surface area (Å²) in [5.41, 5.74) is 6.35. The molecule has 0 bridgehead atoms. The van der Waals surface area contributed by atoms with Gasteiger partial charge < -0.3 is 4.42 Å². The van der Waals surface area contributed by atoms with Crippen molar-refractivity contribution in [2.45, 2.75) is 46.5 Å². The van der Waals surface area contributed by atoms with Gasteiger partial charge in [0.1, 0.15) is 5.76 Å². The van der Waals surface area contributed by atoms with Crippen molar-refractivity contribution >= 4 is 21.9 Å². The smallest absolute Gasteiger partial charge is 0.226 e. The lowest BCUT2D eigenvalue weighted by molar-refractivity contribution is 0.494. The van der Waals surface area contributed by atoms with Crippen LogP contribution in [-0.2, 0) is 11.8 Å². The predicted octanol–water partition coefficient (Wildman–Crippen LogP) is 8.21. The van der Waals surface area contributed by atoms with E-state index in [2.05, 4.69) is 94.2 Å². The van der Waals surface area contributed by atoms with Crippen LogP contribution in [0.15, 0.2) is 77.5 Å². The molecule has 33 heavy (non-hydrogen) atoms. The zero-order valence-corrected chi connectivity index (χ0v) is 20.0. The number of aromatic nitrogens is 2. The lowest BCUT2D eigenvalue weighted by Gasteiger charge is -2.22. The Bertz CT molecular complexity index is 1450. The van der Waals surface area contributed by atoms with Crippen LogP contribution in [0.3, 0.4) is 0 Å². The SMILES string of the molecule is CC(C)Cc1cc2cc(-c3ccnc(-c4cc(C(C)(C)C)c5ccccc5c4)c3)cnc2o1. The zero-order valence-electron chi connectivity index (χ0n) is 20.0. The standard InChI is InChI=1S/C30H30N2O/c1-19(2)12-25-15-23-14-24(18-32-29(23)33-25)20-10-11-31-28(17-20)22-13-21-8-6-7-9-26(21)27(16-22)30(3,4)5/h6-11,13-19H,12H2,1-5H3. The molecule has 2 aromatic carbocycles. The number of pyridine rings is 2. The van der Waals surface area contributed by atoms with Crippen molar-refractivity contribution in [3.8, 4) is 22.4 Å². The molecule has 0 radical (unpaired) electrons. The van der Waals surface area contributed by atoms with Gasteiger partial charge in [0.25, 0.3) is 0 Å². The first-order chi connectivity index (χ1) is 15.8. The summed E-state index contributed by atoms with van der Waals surface area (Å²) in [6, 6.07) is 21.6. The molecule has 3 heterocycles. The summed E-state index contributed by atoms with van der Waals surface area (Å²) in [5, 5.41) is 3.59. The quantitative estimate of drug-likeness (QED) is 0.286. The van der Waals surface area contributed by atoms with Gasteiger partial charge in [0.2, 0.25) is 5.71 Å². The first-order valence-electron chi connectivity index (χ1n) is 11.7. The summed E-state index contributed by atoms with van der Waals surface area (Å²) in [6.07, 6.45) is 4.70. The van der Waals surface area contributed by atoms with E-state index in [1.54, 1.807) is 0 Å². The van der Waals surface area contributed by atoms with E-state index in [0.29, 0.717) is 11.6 Å². The second-order valence-electron chi connectivity index (χ2n) is 10.4. The van der Waals surface area contributed by atoms with E-state index in [1.165, 1.54) is 16.3 Å². The number of hydrogen-bond acceptors (Lipinski definition) is 3. The molecule has 0 fully saturated rings. The zero-order chi connectivity index (χ0) is 23.2. The number of fused-ring (bicyclic) bond motifs is 2. The average molecular weight is 435 g/mol. The maximum atomic E-state index is 5.93. The Morgan fingerprint density at radius 2 is 1.61 bits per heavy atom. The number of hydrogen-bond donors (Lipinski definition) is 0. The normalized spacial score (nSPS) is 12.2. The van der Waals surface area contributed by atoms with Gasteiger partial charge in [-0.15, -0.1) is 0 Å². The van der Waals surface area contributed by atoms with Gasteiger partial charge in [-0.1, -0.05) is 58.9 Å². The molecule has 0 saturated heterocycles. The van der Waals surface area contributed by atoms with Crippen LogP contribution in [0.2, 0.25) is 0 Å². The van der Waals surface area contributed by atoms with Gasteiger partial charge in [0.05, 0.1) is 5.69 Å². The predicted molar refractivity (Wildman–Crippen MR) is 137 cm³/mol. The highest BCUT2D eigenvalue weighted by Crippen LogP contribution is 2.35. The van der Waals surface area contributed by atoms with Crippen LogP contribution in [0.5, 0.6) is 0 Å². The highest BCUT2D eigenvalue weighted by atomic mass is 16.3. The van der Waals surface area contributed by atoms with Gasteiger partial charge in [-0.2, -0.15) is 0 Å². The van der Waals surface area contributed by atoms with E-state index in [-0.39, 0.29) is 5.41 Å². The molecular formula is C30H30N2O. The monoisotopic (exact) mass is 434 g/mol. The minimum Gasteiger partial charge on any atom is -0.443 e. The third kappa shape index (κ3) is 4.28. The van der Waals surface area contributed by atoms with Gasteiger partial charge in [0, 0.05) is 35.3 Å². The summed E-state index contributed by atoms with van der Waals surface area (Å²) < 4.78 is 5.93. The number of furan rings is 1. The molecule has 166 valence electrons. The van der Waals surface area contributed by atoms with Crippen molar-refractivity contribution < 1.29 is 4.42 Å². The molecule has 3 heteroatoms. The molecule has 0 aliphatic rings. The molecule has 0 atom stereocenters.